The molecule has 1 saturated carbocycles. The lowest BCUT2D eigenvalue weighted by Crippen LogP contribution is -2.33. The fourth-order valence-corrected chi connectivity index (χ4v) is 2.80. The molecule has 0 aliphatic heterocycles. The van der Waals surface area contributed by atoms with E-state index in [-0.39, 0.29) is 0 Å². The van der Waals surface area contributed by atoms with Gasteiger partial charge in [0.2, 0.25) is 0 Å². The van der Waals surface area contributed by atoms with Crippen molar-refractivity contribution in [3.05, 3.63) is 29.8 Å². The molecule has 0 amide bonds. The van der Waals surface area contributed by atoms with Gasteiger partial charge in [-0.3, -0.25) is 4.90 Å². The summed E-state index contributed by atoms with van der Waals surface area (Å²) in [6.45, 7) is 4.57. The lowest BCUT2D eigenvalue weighted by Gasteiger charge is -2.28. The number of hydrogen-bond donors (Lipinski definition) is 1. The third-order valence-corrected chi connectivity index (χ3v) is 3.72. The van der Waals surface area contributed by atoms with E-state index < -0.39 is 0 Å². The second kappa shape index (κ2) is 6.06. The number of benzene rings is 1. The normalized spacial score (nSPS) is 16.8. The Labute approximate surface area is 105 Å². The topological polar surface area (TPSA) is 29.3 Å². The Morgan fingerprint density at radius 3 is 2.41 bits per heavy atom. The number of nitrogen functional groups attached to an aromatic ring is 1. The lowest BCUT2D eigenvalue weighted by molar-refractivity contribution is 0.190. The van der Waals surface area contributed by atoms with Gasteiger partial charge in [-0.25, -0.2) is 0 Å². The summed E-state index contributed by atoms with van der Waals surface area (Å²) >= 11 is 0. The zero-order valence-electron chi connectivity index (χ0n) is 10.9. The standard InChI is InChI=1S/C15H24N2/c1-2-11-17(15-5-3-4-6-15)12-13-7-9-14(16)10-8-13/h7-10,15H,2-6,11-12,16H2,1H3. The number of hydrogen-bond acceptors (Lipinski definition) is 2. The molecular formula is C15H24N2. The first kappa shape index (κ1) is 12.4. The van der Waals surface area contributed by atoms with Crippen LogP contribution in [0.2, 0.25) is 0 Å². The molecule has 0 aromatic heterocycles. The molecule has 0 saturated heterocycles. The van der Waals surface area contributed by atoms with Crippen molar-refractivity contribution < 1.29 is 0 Å². The molecule has 2 nitrogen and oxygen atoms in total. The summed E-state index contributed by atoms with van der Waals surface area (Å²) in [6, 6.07) is 9.15. The van der Waals surface area contributed by atoms with Gasteiger partial charge in [0.1, 0.15) is 0 Å². The van der Waals surface area contributed by atoms with Crippen molar-refractivity contribution in [2.45, 2.75) is 51.6 Å². The predicted molar refractivity (Wildman–Crippen MR) is 73.8 cm³/mol. The van der Waals surface area contributed by atoms with E-state index in [9.17, 15) is 0 Å². The van der Waals surface area contributed by atoms with Crippen molar-refractivity contribution in [1.82, 2.24) is 4.90 Å². The summed E-state index contributed by atoms with van der Waals surface area (Å²) in [7, 11) is 0. The minimum absolute atomic E-state index is 0.813. The van der Waals surface area contributed by atoms with Gasteiger partial charge in [-0.05, 0) is 43.5 Å². The highest BCUT2D eigenvalue weighted by molar-refractivity contribution is 5.39. The molecule has 1 aliphatic carbocycles. The molecule has 0 unspecified atom stereocenters. The van der Waals surface area contributed by atoms with E-state index in [1.54, 1.807) is 0 Å². The van der Waals surface area contributed by atoms with Gasteiger partial charge >= 0.3 is 0 Å². The van der Waals surface area contributed by atoms with E-state index in [1.807, 2.05) is 12.1 Å². The quantitative estimate of drug-likeness (QED) is 0.788. The smallest absolute Gasteiger partial charge is 0.0314 e. The molecule has 1 fully saturated rings. The maximum Gasteiger partial charge on any atom is 0.0314 e. The molecule has 1 aromatic carbocycles. The van der Waals surface area contributed by atoms with Gasteiger partial charge in [-0.1, -0.05) is 31.9 Å². The Morgan fingerprint density at radius 1 is 1.18 bits per heavy atom. The number of nitrogens with zero attached hydrogens (tertiary/aromatic N) is 1. The van der Waals surface area contributed by atoms with Crippen LogP contribution in [0, 0.1) is 0 Å². The van der Waals surface area contributed by atoms with E-state index in [4.69, 9.17) is 5.73 Å². The van der Waals surface area contributed by atoms with Crippen LogP contribution in [0.3, 0.4) is 0 Å². The average Bonchev–Trinajstić information content (AvgIpc) is 2.85. The molecule has 0 radical (unpaired) electrons. The third kappa shape index (κ3) is 3.47. The molecule has 2 heteroatoms. The summed E-state index contributed by atoms with van der Waals surface area (Å²) in [5, 5.41) is 0. The van der Waals surface area contributed by atoms with Gasteiger partial charge in [0.25, 0.3) is 0 Å². The zero-order valence-corrected chi connectivity index (χ0v) is 10.9. The van der Waals surface area contributed by atoms with Crippen LogP contribution in [0.15, 0.2) is 24.3 Å². The Hall–Kier alpha value is -1.02. The van der Waals surface area contributed by atoms with E-state index in [0.29, 0.717) is 0 Å². The lowest BCUT2D eigenvalue weighted by atomic mass is 10.1. The summed E-state index contributed by atoms with van der Waals surface area (Å²) < 4.78 is 0. The Bertz CT molecular complexity index is 325. The van der Waals surface area contributed by atoms with Gasteiger partial charge in [0.05, 0.1) is 0 Å². The van der Waals surface area contributed by atoms with Crippen molar-refractivity contribution in [2.75, 3.05) is 12.3 Å². The second-order valence-corrected chi connectivity index (χ2v) is 5.15. The van der Waals surface area contributed by atoms with Crippen LogP contribution in [0.1, 0.15) is 44.6 Å². The van der Waals surface area contributed by atoms with Gasteiger partial charge in [0.15, 0.2) is 0 Å². The first-order valence-electron chi connectivity index (χ1n) is 6.88. The molecule has 94 valence electrons. The average molecular weight is 232 g/mol. The molecule has 17 heavy (non-hydrogen) atoms. The molecule has 0 atom stereocenters. The largest absolute Gasteiger partial charge is 0.399 e. The number of anilines is 1. The van der Waals surface area contributed by atoms with Crippen LogP contribution >= 0.6 is 0 Å². The number of rotatable bonds is 5. The fourth-order valence-electron chi connectivity index (χ4n) is 2.80. The summed E-state index contributed by atoms with van der Waals surface area (Å²) in [4.78, 5) is 2.65. The highest BCUT2D eigenvalue weighted by atomic mass is 15.2. The van der Waals surface area contributed by atoms with Gasteiger partial charge in [0, 0.05) is 18.3 Å². The van der Waals surface area contributed by atoms with Crippen molar-refractivity contribution in [3.63, 3.8) is 0 Å². The summed E-state index contributed by atoms with van der Waals surface area (Å²) in [5.41, 5.74) is 7.97. The van der Waals surface area contributed by atoms with Crippen LogP contribution < -0.4 is 5.73 Å². The SMILES string of the molecule is CCCN(Cc1ccc(N)cc1)C1CCCC1. The van der Waals surface area contributed by atoms with Crippen molar-refractivity contribution in [3.8, 4) is 0 Å². The van der Waals surface area contributed by atoms with Crippen LogP contribution in [0.4, 0.5) is 5.69 Å². The Kier molecular flexibility index (Phi) is 4.43. The predicted octanol–water partition coefficient (Wildman–Crippen LogP) is 3.42. The van der Waals surface area contributed by atoms with Crippen LogP contribution in [-0.2, 0) is 6.54 Å². The molecule has 0 spiro atoms. The van der Waals surface area contributed by atoms with Crippen LogP contribution in [-0.4, -0.2) is 17.5 Å². The fraction of sp³-hybridized carbons (Fsp3) is 0.600. The summed E-state index contributed by atoms with van der Waals surface area (Å²) in [6.07, 6.45) is 6.83. The van der Waals surface area contributed by atoms with Gasteiger partial charge < -0.3 is 5.73 Å². The minimum Gasteiger partial charge on any atom is -0.399 e. The van der Waals surface area contributed by atoms with Gasteiger partial charge in [-0.2, -0.15) is 0 Å². The molecule has 0 heterocycles. The molecule has 1 aliphatic rings. The molecule has 2 N–H and O–H groups in total. The maximum absolute atomic E-state index is 5.72. The highest BCUT2D eigenvalue weighted by Crippen LogP contribution is 2.25. The monoisotopic (exact) mass is 232 g/mol. The van der Waals surface area contributed by atoms with Crippen LogP contribution in [0.5, 0.6) is 0 Å². The van der Waals surface area contributed by atoms with E-state index >= 15 is 0 Å². The molecule has 2 rings (SSSR count). The maximum atomic E-state index is 5.72. The summed E-state index contributed by atoms with van der Waals surface area (Å²) in [5.74, 6) is 0. The second-order valence-electron chi connectivity index (χ2n) is 5.15. The Morgan fingerprint density at radius 2 is 1.82 bits per heavy atom. The van der Waals surface area contributed by atoms with Crippen LogP contribution in [0.25, 0.3) is 0 Å². The molecular weight excluding hydrogens is 208 g/mol. The van der Waals surface area contributed by atoms with Crippen molar-refractivity contribution in [1.29, 1.82) is 0 Å². The van der Waals surface area contributed by atoms with E-state index in [1.165, 1.54) is 44.2 Å². The third-order valence-electron chi connectivity index (χ3n) is 3.72. The van der Waals surface area contributed by atoms with E-state index in [0.717, 1.165) is 18.3 Å². The number of nitrogens with two attached hydrogens (primary N) is 1. The molecule has 0 bridgehead atoms. The van der Waals surface area contributed by atoms with Gasteiger partial charge in [-0.15, -0.1) is 0 Å². The van der Waals surface area contributed by atoms with Crippen molar-refractivity contribution >= 4 is 5.69 Å². The first-order chi connectivity index (χ1) is 8.29. The molecule has 1 aromatic rings. The first-order valence-corrected chi connectivity index (χ1v) is 6.88. The Balaban J connectivity index is 1.98. The zero-order chi connectivity index (χ0) is 12.1. The highest BCUT2D eigenvalue weighted by Gasteiger charge is 2.21. The van der Waals surface area contributed by atoms with Crippen molar-refractivity contribution in [2.24, 2.45) is 0 Å². The minimum atomic E-state index is 0.813. The van der Waals surface area contributed by atoms with E-state index in [2.05, 4.69) is 24.0 Å².